The van der Waals surface area contributed by atoms with Crippen LogP contribution in [0.15, 0.2) is 17.1 Å². The van der Waals surface area contributed by atoms with Crippen LogP contribution in [0, 0.1) is 5.92 Å². The highest BCUT2D eigenvalue weighted by atomic mass is 16.2. The van der Waals surface area contributed by atoms with Gasteiger partial charge in [0.05, 0.1) is 0 Å². The number of hydrogen-bond donors (Lipinski definition) is 3. The van der Waals surface area contributed by atoms with Crippen LogP contribution in [-0.2, 0) is 4.79 Å². The van der Waals surface area contributed by atoms with Crippen LogP contribution < -0.4 is 16.0 Å². The van der Waals surface area contributed by atoms with E-state index in [0.717, 1.165) is 64.0 Å². The molecule has 2 fully saturated rings. The first-order chi connectivity index (χ1) is 11.2. The van der Waals surface area contributed by atoms with Crippen LogP contribution >= 0.6 is 0 Å². The molecule has 5 heteroatoms. The van der Waals surface area contributed by atoms with Gasteiger partial charge in [0.15, 0.2) is 5.96 Å². The van der Waals surface area contributed by atoms with Gasteiger partial charge in [0.1, 0.15) is 0 Å². The fraction of sp³-hybridized carbons (Fsp3) is 0.778. The molecule has 0 aliphatic heterocycles. The van der Waals surface area contributed by atoms with Gasteiger partial charge in [-0.25, -0.2) is 0 Å². The summed E-state index contributed by atoms with van der Waals surface area (Å²) in [5.41, 5.74) is 0. The quantitative estimate of drug-likeness (QED) is 0.292. The van der Waals surface area contributed by atoms with Gasteiger partial charge in [-0.2, -0.15) is 0 Å². The van der Waals surface area contributed by atoms with Crippen molar-refractivity contribution in [3.05, 3.63) is 12.2 Å². The number of nitrogens with one attached hydrogen (secondary N) is 3. The predicted octanol–water partition coefficient (Wildman–Crippen LogP) is 2.35. The van der Waals surface area contributed by atoms with Crippen molar-refractivity contribution in [1.29, 1.82) is 0 Å². The summed E-state index contributed by atoms with van der Waals surface area (Å²) in [6, 6.07) is 0.805. The maximum absolute atomic E-state index is 12.3. The molecular weight excluding hydrogens is 288 g/mol. The molecule has 0 heterocycles. The summed E-state index contributed by atoms with van der Waals surface area (Å²) >= 11 is 0. The fourth-order valence-electron chi connectivity index (χ4n) is 3.04. The fourth-order valence-corrected chi connectivity index (χ4v) is 3.04. The SMILES string of the molecule is C/C=C/CCN=C(NCC)NC1CCCC(C(=O)NC2CC2)C1. The Kier molecular flexibility index (Phi) is 7.43. The number of allylic oxidation sites excluding steroid dienone is 1. The lowest BCUT2D eigenvalue weighted by molar-refractivity contribution is -0.126. The van der Waals surface area contributed by atoms with E-state index in [4.69, 9.17) is 0 Å². The summed E-state index contributed by atoms with van der Waals surface area (Å²) in [4.78, 5) is 16.9. The third-order valence-electron chi connectivity index (χ3n) is 4.46. The van der Waals surface area contributed by atoms with E-state index < -0.39 is 0 Å². The average molecular weight is 320 g/mol. The lowest BCUT2D eigenvalue weighted by atomic mass is 9.85. The van der Waals surface area contributed by atoms with Crippen LogP contribution in [0.2, 0.25) is 0 Å². The van der Waals surface area contributed by atoms with Crippen LogP contribution in [0.3, 0.4) is 0 Å². The van der Waals surface area contributed by atoms with Crippen LogP contribution in [0.5, 0.6) is 0 Å². The van der Waals surface area contributed by atoms with Crippen molar-refractivity contribution in [2.45, 2.75) is 70.9 Å². The van der Waals surface area contributed by atoms with Crippen LogP contribution in [0.1, 0.15) is 58.8 Å². The molecule has 3 N–H and O–H groups in total. The highest BCUT2D eigenvalue weighted by molar-refractivity contribution is 5.81. The van der Waals surface area contributed by atoms with E-state index in [1.165, 1.54) is 0 Å². The maximum Gasteiger partial charge on any atom is 0.223 e. The third kappa shape index (κ3) is 6.63. The molecule has 2 aliphatic rings. The minimum atomic E-state index is 0.160. The molecule has 0 aromatic heterocycles. The molecule has 0 aromatic carbocycles. The zero-order chi connectivity index (χ0) is 16.5. The molecule has 2 unspecified atom stereocenters. The van der Waals surface area contributed by atoms with Crippen LogP contribution in [0.25, 0.3) is 0 Å². The van der Waals surface area contributed by atoms with E-state index in [2.05, 4.69) is 40.0 Å². The van der Waals surface area contributed by atoms with Gasteiger partial charge in [0.2, 0.25) is 5.91 Å². The topological polar surface area (TPSA) is 65.5 Å². The lowest BCUT2D eigenvalue weighted by Gasteiger charge is -2.30. The zero-order valence-electron chi connectivity index (χ0n) is 14.6. The van der Waals surface area contributed by atoms with E-state index in [1.807, 2.05) is 6.92 Å². The molecule has 23 heavy (non-hydrogen) atoms. The molecule has 0 radical (unpaired) electrons. The molecule has 2 aliphatic carbocycles. The molecule has 0 bridgehead atoms. The normalized spacial score (nSPS) is 25.4. The molecule has 0 spiro atoms. The number of aliphatic imine (C=N–C) groups is 1. The first-order valence-electron chi connectivity index (χ1n) is 9.19. The second-order valence-electron chi connectivity index (χ2n) is 6.61. The molecule has 1 amide bonds. The Bertz CT molecular complexity index is 429. The Morgan fingerprint density at radius 2 is 2.00 bits per heavy atom. The average Bonchev–Trinajstić information content (AvgIpc) is 3.36. The summed E-state index contributed by atoms with van der Waals surface area (Å²) < 4.78 is 0. The van der Waals surface area contributed by atoms with Crippen LogP contribution in [-0.4, -0.2) is 37.0 Å². The van der Waals surface area contributed by atoms with Crippen molar-refractivity contribution in [2.75, 3.05) is 13.1 Å². The van der Waals surface area contributed by atoms with Gasteiger partial charge < -0.3 is 16.0 Å². The van der Waals surface area contributed by atoms with Crippen molar-refractivity contribution in [2.24, 2.45) is 10.9 Å². The number of amides is 1. The van der Waals surface area contributed by atoms with E-state index in [-0.39, 0.29) is 11.8 Å². The van der Waals surface area contributed by atoms with Crippen molar-refractivity contribution in [3.8, 4) is 0 Å². The number of guanidine groups is 1. The molecule has 0 saturated heterocycles. The summed E-state index contributed by atoms with van der Waals surface area (Å²) in [5.74, 6) is 1.30. The zero-order valence-corrected chi connectivity index (χ0v) is 14.6. The summed E-state index contributed by atoms with van der Waals surface area (Å²) in [6.45, 7) is 5.75. The maximum atomic E-state index is 12.3. The van der Waals surface area contributed by atoms with Gasteiger partial charge in [-0.15, -0.1) is 0 Å². The molecule has 130 valence electrons. The Morgan fingerprint density at radius 1 is 1.17 bits per heavy atom. The molecule has 2 atom stereocenters. The summed E-state index contributed by atoms with van der Waals surface area (Å²) in [7, 11) is 0. The predicted molar refractivity (Wildman–Crippen MR) is 95.5 cm³/mol. The third-order valence-corrected chi connectivity index (χ3v) is 4.46. The van der Waals surface area contributed by atoms with Gasteiger partial charge in [-0.1, -0.05) is 18.6 Å². The van der Waals surface area contributed by atoms with Crippen molar-refractivity contribution in [1.82, 2.24) is 16.0 Å². The minimum Gasteiger partial charge on any atom is -0.357 e. The van der Waals surface area contributed by atoms with E-state index in [0.29, 0.717) is 12.1 Å². The standard InChI is InChI=1S/C18H32N4O/c1-3-5-6-12-20-18(19-4-2)22-16-9-7-8-14(13-16)17(23)21-15-10-11-15/h3,5,14-16H,4,6-13H2,1-2H3,(H,21,23)(H2,19,20,22)/b5-3+. The Morgan fingerprint density at radius 3 is 2.70 bits per heavy atom. The Hall–Kier alpha value is -1.52. The van der Waals surface area contributed by atoms with Gasteiger partial charge in [-0.05, 0) is 52.4 Å². The smallest absolute Gasteiger partial charge is 0.223 e. The second kappa shape index (κ2) is 9.58. The summed E-state index contributed by atoms with van der Waals surface area (Å²) in [5, 5.41) is 9.98. The first-order valence-corrected chi connectivity index (χ1v) is 9.19. The van der Waals surface area contributed by atoms with Gasteiger partial charge in [0.25, 0.3) is 0 Å². The highest BCUT2D eigenvalue weighted by Gasteiger charge is 2.31. The lowest BCUT2D eigenvalue weighted by Crippen LogP contribution is -2.47. The largest absolute Gasteiger partial charge is 0.357 e. The number of nitrogens with zero attached hydrogens (tertiary/aromatic N) is 1. The Balaban J connectivity index is 1.81. The number of hydrogen-bond acceptors (Lipinski definition) is 2. The van der Waals surface area contributed by atoms with E-state index >= 15 is 0 Å². The monoisotopic (exact) mass is 320 g/mol. The molecule has 2 saturated carbocycles. The van der Waals surface area contributed by atoms with Crippen molar-refractivity contribution in [3.63, 3.8) is 0 Å². The molecule has 5 nitrogen and oxygen atoms in total. The number of rotatable bonds is 7. The van der Waals surface area contributed by atoms with Gasteiger partial charge >= 0.3 is 0 Å². The number of carbonyl (C=O) groups excluding carboxylic acids is 1. The molecular formula is C18H32N4O. The Labute approximate surface area is 140 Å². The number of carbonyl (C=O) groups is 1. The van der Waals surface area contributed by atoms with Gasteiger partial charge in [0, 0.05) is 31.1 Å². The van der Waals surface area contributed by atoms with Crippen molar-refractivity contribution >= 4 is 11.9 Å². The molecule has 2 rings (SSSR count). The van der Waals surface area contributed by atoms with Crippen LogP contribution in [0.4, 0.5) is 0 Å². The first kappa shape index (κ1) is 17.8. The van der Waals surface area contributed by atoms with E-state index in [1.54, 1.807) is 0 Å². The minimum absolute atomic E-state index is 0.160. The highest BCUT2D eigenvalue weighted by Crippen LogP contribution is 2.26. The second-order valence-corrected chi connectivity index (χ2v) is 6.61. The van der Waals surface area contributed by atoms with Gasteiger partial charge in [-0.3, -0.25) is 9.79 Å². The molecule has 0 aromatic rings. The summed E-state index contributed by atoms with van der Waals surface area (Å²) in [6.07, 6.45) is 11.6. The van der Waals surface area contributed by atoms with E-state index in [9.17, 15) is 4.79 Å². The van der Waals surface area contributed by atoms with Crippen molar-refractivity contribution < 1.29 is 4.79 Å².